The lowest BCUT2D eigenvalue weighted by Gasteiger charge is -2.12. The molecule has 2 aromatic rings. The number of hydrogen-bond acceptors (Lipinski definition) is 6. The summed E-state index contributed by atoms with van der Waals surface area (Å²) in [5, 5.41) is 0. The van der Waals surface area contributed by atoms with Crippen LogP contribution in [-0.4, -0.2) is 23.0 Å². The van der Waals surface area contributed by atoms with Crippen molar-refractivity contribution >= 4 is 11.7 Å². The van der Waals surface area contributed by atoms with Gasteiger partial charge in [-0.1, -0.05) is 0 Å². The first-order valence-electron chi connectivity index (χ1n) is 5.20. The number of methoxy groups -OCH3 is 1. The van der Waals surface area contributed by atoms with Crippen LogP contribution >= 0.6 is 0 Å². The zero-order valence-corrected chi connectivity index (χ0v) is 10.1. The molecule has 0 aliphatic carbocycles. The summed E-state index contributed by atoms with van der Waals surface area (Å²) >= 11 is 0. The minimum absolute atomic E-state index is 0.373. The molecule has 2 N–H and O–H groups in total. The molecule has 0 bridgehead atoms. The van der Waals surface area contributed by atoms with Gasteiger partial charge in [-0.2, -0.15) is 13.2 Å². The Bertz CT molecular complexity index is 638. The summed E-state index contributed by atoms with van der Waals surface area (Å²) < 4.78 is 48.1. The molecule has 0 spiro atoms. The fourth-order valence-electron chi connectivity index (χ4n) is 1.51. The van der Waals surface area contributed by atoms with Crippen molar-refractivity contribution in [2.75, 3.05) is 12.8 Å². The smallest absolute Gasteiger partial charge is 0.418 e. The van der Waals surface area contributed by atoms with E-state index < -0.39 is 34.8 Å². The molecule has 0 amide bonds. The summed E-state index contributed by atoms with van der Waals surface area (Å²) in [4.78, 5) is 18.6. The fourth-order valence-corrected chi connectivity index (χ4v) is 1.51. The molecule has 6 nitrogen and oxygen atoms in total. The Morgan fingerprint density at radius 1 is 1.45 bits per heavy atom. The molecule has 106 valence electrons. The number of aromatic nitrogens is 2. The predicted octanol–water partition coefficient (Wildman–Crippen LogP) is 2.12. The average Bonchev–Trinajstić information content (AvgIpc) is 2.90. The molecule has 0 fully saturated rings. The lowest BCUT2D eigenvalue weighted by atomic mass is 10.1. The maximum Gasteiger partial charge on any atom is 0.418 e. The SMILES string of the molecule is COC(=O)c1nc(-c2ncco2)c(C(F)(F)F)cc1N. The minimum atomic E-state index is -4.72. The Labute approximate surface area is 110 Å². The number of alkyl halides is 3. The normalized spacial score (nSPS) is 11.4. The van der Waals surface area contributed by atoms with Crippen LogP contribution in [0.2, 0.25) is 0 Å². The van der Waals surface area contributed by atoms with Crippen LogP contribution in [0.5, 0.6) is 0 Å². The van der Waals surface area contributed by atoms with Crippen LogP contribution in [0.3, 0.4) is 0 Å². The van der Waals surface area contributed by atoms with Crippen molar-refractivity contribution in [3.05, 3.63) is 29.8 Å². The fraction of sp³-hybridized carbons (Fsp3) is 0.182. The van der Waals surface area contributed by atoms with Crippen molar-refractivity contribution in [3.63, 3.8) is 0 Å². The first-order valence-corrected chi connectivity index (χ1v) is 5.20. The number of ether oxygens (including phenoxy) is 1. The molecule has 0 aliphatic heterocycles. The second-order valence-electron chi connectivity index (χ2n) is 3.65. The van der Waals surface area contributed by atoms with Crippen LogP contribution < -0.4 is 5.73 Å². The van der Waals surface area contributed by atoms with Gasteiger partial charge in [0.1, 0.15) is 12.0 Å². The molecule has 0 aliphatic rings. The molecule has 0 atom stereocenters. The molecule has 0 radical (unpaired) electrons. The molecule has 2 aromatic heterocycles. The number of nitrogens with two attached hydrogens (primary N) is 1. The van der Waals surface area contributed by atoms with Gasteiger partial charge in [0.25, 0.3) is 0 Å². The van der Waals surface area contributed by atoms with E-state index in [1.54, 1.807) is 0 Å². The number of hydrogen-bond donors (Lipinski definition) is 1. The molecule has 2 heterocycles. The topological polar surface area (TPSA) is 91.2 Å². The third kappa shape index (κ3) is 2.42. The number of nitrogen functional groups attached to an aromatic ring is 1. The monoisotopic (exact) mass is 287 g/mol. The minimum Gasteiger partial charge on any atom is -0.464 e. The van der Waals surface area contributed by atoms with E-state index in [0.717, 1.165) is 19.6 Å². The van der Waals surface area contributed by atoms with E-state index in [1.807, 2.05) is 0 Å². The molecule has 20 heavy (non-hydrogen) atoms. The first kappa shape index (κ1) is 13.8. The van der Waals surface area contributed by atoms with Crippen LogP contribution in [-0.2, 0) is 10.9 Å². The Hall–Kier alpha value is -2.58. The van der Waals surface area contributed by atoms with Gasteiger partial charge in [-0.15, -0.1) is 0 Å². The summed E-state index contributed by atoms with van der Waals surface area (Å²) in [6.45, 7) is 0. The number of anilines is 1. The standard InChI is InChI=1S/C11H8F3N3O3/c1-19-10(18)8-6(15)4-5(11(12,13)14)7(17-8)9-16-2-3-20-9/h2-4H,15H2,1H3. The summed E-state index contributed by atoms with van der Waals surface area (Å²) in [7, 11) is 1.06. The number of pyridine rings is 1. The van der Waals surface area contributed by atoms with Crippen LogP contribution in [0.15, 0.2) is 22.9 Å². The largest absolute Gasteiger partial charge is 0.464 e. The quantitative estimate of drug-likeness (QED) is 0.851. The molecular formula is C11H8F3N3O3. The van der Waals surface area contributed by atoms with Crippen LogP contribution in [0.1, 0.15) is 16.1 Å². The zero-order valence-electron chi connectivity index (χ0n) is 10.1. The molecular weight excluding hydrogens is 279 g/mol. The number of nitrogens with zero attached hydrogens (tertiary/aromatic N) is 2. The number of oxazole rings is 1. The van der Waals surface area contributed by atoms with E-state index in [1.165, 1.54) is 0 Å². The average molecular weight is 287 g/mol. The van der Waals surface area contributed by atoms with Gasteiger partial charge in [0.2, 0.25) is 5.89 Å². The van der Waals surface area contributed by atoms with Gasteiger partial charge in [0.15, 0.2) is 5.69 Å². The van der Waals surface area contributed by atoms with Crippen LogP contribution in [0, 0.1) is 0 Å². The van der Waals surface area contributed by atoms with Crippen molar-refractivity contribution in [2.24, 2.45) is 0 Å². The summed E-state index contributed by atoms with van der Waals surface area (Å²) in [5.74, 6) is -1.33. The van der Waals surface area contributed by atoms with Gasteiger partial charge in [-0.25, -0.2) is 14.8 Å². The maximum atomic E-state index is 13.0. The lowest BCUT2D eigenvalue weighted by Crippen LogP contribution is -2.15. The number of esters is 1. The molecule has 0 aromatic carbocycles. The number of halogens is 3. The number of rotatable bonds is 2. The Kier molecular flexibility index (Phi) is 3.35. The lowest BCUT2D eigenvalue weighted by molar-refractivity contribution is -0.137. The van der Waals surface area contributed by atoms with Gasteiger partial charge in [0, 0.05) is 0 Å². The van der Waals surface area contributed by atoms with Gasteiger partial charge in [0.05, 0.1) is 24.6 Å². The highest BCUT2D eigenvalue weighted by Gasteiger charge is 2.37. The Morgan fingerprint density at radius 3 is 2.65 bits per heavy atom. The van der Waals surface area contributed by atoms with Gasteiger partial charge in [-0.05, 0) is 6.07 Å². The summed E-state index contributed by atoms with van der Waals surface area (Å²) in [6.07, 6.45) is -2.48. The molecule has 0 unspecified atom stereocenters. The van der Waals surface area contributed by atoms with E-state index >= 15 is 0 Å². The second-order valence-corrected chi connectivity index (χ2v) is 3.65. The summed E-state index contributed by atoms with van der Waals surface area (Å²) in [6, 6.07) is 0.596. The van der Waals surface area contributed by atoms with E-state index in [4.69, 9.17) is 10.2 Å². The highest BCUT2D eigenvalue weighted by molar-refractivity contribution is 5.93. The number of carbonyl (C=O) groups is 1. The van der Waals surface area contributed by atoms with Crippen molar-refractivity contribution in [2.45, 2.75) is 6.18 Å². The van der Waals surface area contributed by atoms with E-state index in [0.29, 0.717) is 6.07 Å². The highest BCUT2D eigenvalue weighted by atomic mass is 19.4. The third-order valence-electron chi connectivity index (χ3n) is 2.37. The molecule has 0 saturated carbocycles. The van der Waals surface area contributed by atoms with Gasteiger partial charge < -0.3 is 14.9 Å². The maximum absolute atomic E-state index is 13.0. The Morgan fingerprint density at radius 2 is 2.15 bits per heavy atom. The van der Waals surface area contributed by atoms with Crippen molar-refractivity contribution < 1.29 is 27.1 Å². The van der Waals surface area contributed by atoms with Crippen molar-refractivity contribution in [1.82, 2.24) is 9.97 Å². The zero-order chi connectivity index (χ0) is 14.9. The van der Waals surface area contributed by atoms with Gasteiger partial charge >= 0.3 is 12.1 Å². The van der Waals surface area contributed by atoms with Crippen molar-refractivity contribution in [3.8, 4) is 11.6 Å². The van der Waals surface area contributed by atoms with E-state index in [2.05, 4.69) is 14.7 Å². The molecule has 2 rings (SSSR count). The first-order chi connectivity index (χ1) is 9.34. The van der Waals surface area contributed by atoms with E-state index in [9.17, 15) is 18.0 Å². The van der Waals surface area contributed by atoms with Crippen LogP contribution in [0.25, 0.3) is 11.6 Å². The second kappa shape index (κ2) is 4.83. The van der Waals surface area contributed by atoms with E-state index in [-0.39, 0.29) is 5.89 Å². The Balaban J connectivity index is 2.71. The van der Waals surface area contributed by atoms with Crippen molar-refractivity contribution in [1.29, 1.82) is 0 Å². The third-order valence-corrected chi connectivity index (χ3v) is 2.37. The molecule has 0 saturated heterocycles. The predicted molar refractivity (Wildman–Crippen MR) is 60.5 cm³/mol. The number of carbonyl (C=O) groups excluding carboxylic acids is 1. The summed E-state index contributed by atoms with van der Waals surface area (Å²) in [5.41, 5.74) is 2.75. The van der Waals surface area contributed by atoms with Gasteiger partial charge in [-0.3, -0.25) is 0 Å². The molecule has 9 heteroatoms. The highest BCUT2D eigenvalue weighted by Crippen LogP contribution is 2.37. The van der Waals surface area contributed by atoms with Crippen LogP contribution in [0.4, 0.5) is 18.9 Å².